The predicted molar refractivity (Wildman–Crippen MR) is 76.0 cm³/mol. The number of benzene rings is 1. The Bertz CT molecular complexity index is 339. The van der Waals surface area contributed by atoms with E-state index in [9.17, 15) is 5.11 Å². The van der Waals surface area contributed by atoms with Crippen LogP contribution in [0.4, 0.5) is 0 Å². The van der Waals surface area contributed by atoms with Crippen LogP contribution in [0.2, 0.25) is 0 Å². The van der Waals surface area contributed by atoms with E-state index in [4.69, 9.17) is 4.74 Å². The minimum Gasteiger partial charge on any atom is -0.494 e. The molecule has 0 radical (unpaired) electrons. The van der Waals surface area contributed by atoms with Crippen LogP contribution in [0.5, 0.6) is 5.75 Å². The molecular weight excluding hydrogens is 224 g/mol. The van der Waals surface area contributed by atoms with Gasteiger partial charge in [0.2, 0.25) is 0 Å². The number of rotatable bonds is 7. The lowest BCUT2D eigenvalue weighted by atomic mass is 9.89. The van der Waals surface area contributed by atoms with Crippen LogP contribution in [-0.2, 0) is 6.42 Å². The Kier molecular flexibility index (Phi) is 5.67. The molecule has 18 heavy (non-hydrogen) atoms. The Morgan fingerprint density at radius 3 is 2.33 bits per heavy atom. The molecule has 0 fully saturated rings. The van der Waals surface area contributed by atoms with Gasteiger partial charge in [-0.1, -0.05) is 26.0 Å². The second kappa shape index (κ2) is 6.79. The summed E-state index contributed by atoms with van der Waals surface area (Å²) in [6.45, 7) is 8.90. The summed E-state index contributed by atoms with van der Waals surface area (Å²) in [5.74, 6) is 1.44. The maximum absolute atomic E-state index is 10.3. The van der Waals surface area contributed by atoms with Crippen LogP contribution >= 0.6 is 0 Å². The van der Waals surface area contributed by atoms with Gasteiger partial charge in [-0.05, 0) is 56.7 Å². The maximum Gasteiger partial charge on any atom is 0.119 e. The molecule has 0 bridgehead atoms. The third-order valence-corrected chi connectivity index (χ3v) is 3.03. The topological polar surface area (TPSA) is 29.5 Å². The Labute approximate surface area is 111 Å². The smallest absolute Gasteiger partial charge is 0.119 e. The zero-order chi connectivity index (χ0) is 13.6. The van der Waals surface area contributed by atoms with Gasteiger partial charge in [0.05, 0.1) is 12.2 Å². The van der Waals surface area contributed by atoms with Crippen LogP contribution in [0.3, 0.4) is 0 Å². The van der Waals surface area contributed by atoms with E-state index in [1.807, 2.05) is 26.0 Å². The van der Waals surface area contributed by atoms with Gasteiger partial charge in [-0.15, -0.1) is 0 Å². The molecule has 0 spiro atoms. The highest BCUT2D eigenvalue weighted by Gasteiger charge is 2.21. The highest BCUT2D eigenvalue weighted by atomic mass is 16.5. The van der Waals surface area contributed by atoms with E-state index in [1.54, 1.807) is 0 Å². The summed E-state index contributed by atoms with van der Waals surface area (Å²) in [7, 11) is 0. The molecule has 1 rings (SSSR count). The molecule has 0 saturated heterocycles. The predicted octanol–water partition coefficient (Wildman–Crippen LogP) is 3.82. The fourth-order valence-corrected chi connectivity index (χ4v) is 2.31. The van der Waals surface area contributed by atoms with Gasteiger partial charge >= 0.3 is 0 Å². The number of hydrogen-bond donors (Lipinski definition) is 1. The van der Waals surface area contributed by atoms with Crippen LogP contribution in [0.1, 0.15) is 46.1 Å². The molecular formula is C16H26O2. The van der Waals surface area contributed by atoms with Gasteiger partial charge < -0.3 is 9.84 Å². The van der Waals surface area contributed by atoms with Gasteiger partial charge in [0.1, 0.15) is 5.75 Å². The Morgan fingerprint density at radius 1 is 1.22 bits per heavy atom. The van der Waals surface area contributed by atoms with Crippen LogP contribution < -0.4 is 4.74 Å². The first-order valence-corrected chi connectivity index (χ1v) is 6.87. The summed E-state index contributed by atoms with van der Waals surface area (Å²) in [5.41, 5.74) is 0.690. The van der Waals surface area contributed by atoms with Gasteiger partial charge in [-0.3, -0.25) is 0 Å². The molecule has 0 amide bonds. The van der Waals surface area contributed by atoms with Crippen molar-refractivity contribution in [3.63, 3.8) is 0 Å². The van der Waals surface area contributed by atoms with Crippen LogP contribution in [0, 0.1) is 5.92 Å². The molecule has 2 nitrogen and oxygen atoms in total. The quantitative estimate of drug-likeness (QED) is 0.797. The highest BCUT2D eigenvalue weighted by molar-refractivity contribution is 5.27. The average Bonchev–Trinajstić information content (AvgIpc) is 2.27. The minimum atomic E-state index is -0.563. The minimum absolute atomic E-state index is 0.528. The first kappa shape index (κ1) is 15.0. The summed E-state index contributed by atoms with van der Waals surface area (Å²) in [4.78, 5) is 0. The molecule has 1 N–H and O–H groups in total. The molecule has 1 aromatic rings. The van der Waals surface area contributed by atoms with Crippen molar-refractivity contribution in [2.24, 2.45) is 5.92 Å². The monoisotopic (exact) mass is 250 g/mol. The standard InChI is InChI=1S/C16H26O2/c1-5-18-15-8-6-14(7-9-15)10-11-16(4,17)12-13(2)3/h6-9,13,17H,5,10-12H2,1-4H3. The SMILES string of the molecule is CCOc1ccc(CCC(C)(O)CC(C)C)cc1. The summed E-state index contributed by atoms with van der Waals surface area (Å²) in [5, 5.41) is 10.3. The van der Waals surface area contributed by atoms with E-state index in [1.165, 1.54) is 5.56 Å². The number of aliphatic hydroxyl groups is 1. The maximum atomic E-state index is 10.3. The fourth-order valence-electron chi connectivity index (χ4n) is 2.31. The molecule has 2 heteroatoms. The zero-order valence-electron chi connectivity index (χ0n) is 12.1. The second-order valence-corrected chi connectivity index (χ2v) is 5.67. The third-order valence-electron chi connectivity index (χ3n) is 3.03. The van der Waals surface area contributed by atoms with Crippen molar-refractivity contribution in [2.75, 3.05) is 6.61 Å². The van der Waals surface area contributed by atoms with Crippen molar-refractivity contribution < 1.29 is 9.84 Å². The Morgan fingerprint density at radius 2 is 1.83 bits per heavy atom. The lowest BCUT2D eigenvalue weighted by molar-refractivity contribution is 0.0302. The van der Waals surface area contributed by atoms with Crippen molar-refractivity contribution in [3.8, 4) is 5.75 Å². The van der Waals surface area contributed by atoms with E-state index in [0.29, 0.717) is 12.5 Å². The number of hydrogen-bond acceptors (Lipinski definition) is 2. The second-order valence-electron chi connectivity index (χ2n) is 5.67. The lowest BCUT2D eigenvalue weighted by Gasteiger charge is -2.25. The van der Waals surface area contributed by atoms with Crippen molar-refractivity contribution >= 4 is 0 Å². The first-order chi connectivity index (χ1) is 8.43. The Balaban J connectivity index is 2.47. The largest absolute Gasteiger partial charge is 0.494 e. The molecule has 1 unspecified atom stereocenters. The van der Waals surface area contributed by atoms with Crippen LogP contribution in [-0.4, -0.2) is 17.3 Å². The summed E-state index contributed by atoms with van der Waals surface area (Å²) in [6.07, 6.45) is 2.56. The molecule has 1 atom stereocenters. The normalized spacial score (nSPS) is 14.6. The van der Waals surface area contributed by atoms with Gasteiger partial charge in [-0.2, -0.15) is 0 Å². The van der Waals surface area contributed by atoms with Gasteiger partial charge in [0.15, 0.2) is 0 Å². The van der Waals surface area contributed by atoms with Crippen molar-refractivity contribution in [1.82, 2.24) is 0 Å². The van der Waals surface area contributed by atoms with E-state index in [2.05, 4.69) is 26.0 Å². The van der Waals surface area contributed by atoms with Crippen LogP contribution in [0.15, 0.2) is 24.3 Å². The van der Waals surface area contributed by atoms with E-state index in [-0.39, 0.29) is 0 Å². The number of ether oxygens (including phenoxy) is 1. The number of aryl methyl sites for hydroxylation is 1. The molecule has 0 aliphatic rings. The van der Waals surface area contributed by atoms with E-state index >= 15 is 0 Å². The molecule has 0 aliphatic heterocycles. The van der Waals surface area contributed by atoms with Crippen LogP contribution in [0.25, 0.3) is 0 Å². The van der Waals surface area contributed by atoms with E-state index in [0.717, 1.165) is 25.0 Å². The molecule has 102 valence electrons. The average molecular weight is 250 g/mol. The highest BCUT2D eigenvalue weighted by Crippen LogP contribution is 2.23. The van der Waals surface area contributed by atoms with Crippen molar-refractivity contribution in [1.29, 1.82) is 0 Å². The molecule has 0 aromatic heterocycles. The molecule has 0 aliphatic carbocycles. The summed E-state index contributed by atoms with van der Waals surface area (Å²) in [6, 6.07) is 8.15. The van der Waals surface area contributed by atoms with Gasteiger partial charge in [0, 0.05) is 0 Å². The molecule has 0 heterocycles. The summed E-state index contributed by atoms with van der Waals surface area (Å²) >= 11 is 0. The third kappa shape index (κ3) is 5.54. The van der Waals surface area contributed by atoms with Gasteiger partial charge in [0.25, 0.3) is 0 Å². The van der Waals surface area contributed by atoms with Crippen molar-refractivity contribution in [3.05, 3.63) is 29.8 Å². The fraction of sp³-hybridized carbons (Fsp3) is 0.625. The van der Waals surface area contributed by atoms with Gasteiger partial charge in [-0.25, -0.2) is 0 Å². The summed E-state index contributed by atoms with van der Waals surface area (Å²) < 4.78 is 5.41. The Hall–Kier alpha value is -1.02. The van der Waals surface area contributed by atoms with E-state index < -0.39 is 5.60 Å². The lowest BCUT2D eigenvalue weighted by Crippen LogP contribution is -2.26. The van der Waals surface area contributed by atoms with Crippen molar-refractivity contribution in [2.45, 2.75) is 52.6 Å². The molecule has 1 aromatic carbocycles. The molecule has 0 saturated carbocycles. The zero-order valence-corrected chi connectivity index (χ0v) is 12.1. The first-order valence-electron chi connectivity index (χ1n) is 6.87.